The number of carbonyl (C=O) groups excluding carboxylic acids is 1. The van der Waals surface area contributed by atoms with Crippen LogP contribution in [-0.2, 0) is 14.3 Å². The van der Waals surface area contributed by atoms with E-state index < -0.39 is 0 Å². The first kappa shape index (κ1) is 15.4. The van der Waals surface area contributed by atoms with Crippen LogP contribution in [0.15, 0.2) is 0 Å². The number of amides is 1. The normalized spacial score (nSPS) is 25.1. The molecule has 0 aliphatic heterocycles. The first-order chi connectivity index (χ1) is 8.65. The lowest BCUT2D eigenvalue weighted by Gasteiger charge is -2.35. The van der Waals surface area contributed by atoms with Gasteiger partial charge in [0.25, 0.3) is 0 Å². The summed E-state index contributed by atoms with van der Waals surface area (Å²) >= 11 is 0. The summed E-state index contributed by atoms with van der Waals surface area (Å²) < 4.78 is 10.2. The summed E-state index contributed by atoms with van der Waals surface area (Å²) in [5.41, 5.74) is 0. The topological polar surface area (TPSA) is 47.6 Å². The Hall–Kier alpha value is -0.610. The van der Waals surface area contributed by atoms with Crippen molar-refractivity contribution in [3.63, 3.8) is 0 Å². The van der Waals surface area contributed by atoms with Crippen LogP contribution >= 0.6 is 0 Å². The summed E-state index contributed by atoms with van der Waals surface area (Å²) in [5.74, 6) is 1.29. The summed E-state index contributed by atoms with van der Waals surface area (Å²) in [4.78, 5) is 11.8. The summed E-state index contributed by atoms with van der Waals surface area (Å²) in [6.07, 6.45) is 4.17. The van der Waals surface area contributed by atoms with E-state index in [1.807, 2.05) is 0 Å². The predicted octanol–water partition coefficient (Wildman–Crippen LogP) is 1.98. The molecule has 1 fully saturated rings. The maximum Gasteiger partial charge on any atom is 0.222 e. The largest absolute Gasteiger partial charge is 0.382 e. The Bertz CT molecular complexity index is 235. The Morgan fingerprint density at radius 3 is 2.44 bits per heavy atom. The van der Waals surface area contributed by atoms with Crippen molar-refractivity contribution in [3.8, 4) is 0 Å². The van der Waals surface area contributed by atoms with Crippen molar-refractivity contribution < 1.29 is 14.3 Å². The molecule has 1 N–H and O–H groups in total. The quantitative estimate of drug-likeness (QED) is 0.709. The number of ether oxygens (including phenoxy) is 2. The highest BCUT2D eigenvalue weighted by Crippen LogP contribution is 2.28. The Kier molecular flexibility index (Phi) is 7.28. The molecule has 4 heteroatoms. The summed E-state index contributed by atoms with van der Waals surface area (Å²) in [7, 11) is 1.64. The maximum atomic E-state index is 11.8. The second-order valence-corrected chi connectivity index (χ2v) is 5.33. The number of hydrogen-bond donors (Lipinski definition) is 1. The molecule has 0 spiro atoms. The fraction of sp³-hybridized carbons (Fsp3) is 0.929. The fourth-order valence-electron chi connectivity index (χ4n) is 2.63. The van der Waals surface area contributed by atoms with Crippen molar-refractivity contribution in [2.45, 2.75) is 45.6 Å². The van der Waals surface area contributed by atoms with Gasteiger partial charge in [-0.2, -0.15) is 0 Å². The Morgan fingerprint density at radius 1 is 1.17 bits per heavy atom. The first-order valence-corrected chi connectivity index (χ1v) is 7.01. The lowest BCUT2D eigenvalue weighted by molar-refractivity contribution is -0.124. The van der Waals surface area contributed by atoms with E-state index in [9.17, 15) is 4.79 Å². The number of carbonyl (C=O) groups is 1. The third-order valence-corrected chi connectivity index (χ3v) is 3.78. The molecule has 0 aromatic carbocycles. The number of rotatable bonds is 7. The van der Waals surface area contributed by atoms with E-state index in [1.54, 1.807) is 7.11 Å². The lowest BCUT2D eigenvalue weighted by Crippen LogP contribution is -2.46. The second kappa shape index (κ2) is 8.48. The van der Waals surface area contributed by atoms with Gasteiger partial charge in [-0.3, -0.25) is 4.79 Å². The van der Waals surface area contributed by atoms with Gasteiger partial charge in [0.2, 0.25) is 5.91 Å². The summed E-state index contributed by atoms with van der Waals surface area (Å²) in [5, 5.41) is 3.16. The molecule has 106 valence electrons. The zero-order chi connectivity index (χ0) is 13.4. The third kappa shape index (κ3) is 5.36. The zero-order valence-electron chi connectivity index (χ0n) is 11.9. The molecule has 0 radical (unpaired) electrons. The third-order valence-electron chi connectivity index (χ3n) is 3.78. The Morgan fingerprint density at radius 2 is 1.83 bits per heavy atom. The molecule has 1 saturated carbocycles. The van der Waals surface area contributed by atoms with Gasteiger partial charge < -0.3 is 14.8 Å². The number of methoxy groups -OCH3 is 1. The second-order valence-electron chi connectivity index (χ2n) is 5.33. The van der Waals surface area contributed by atoms with Gasteiger partial charge in [0, 0.05) is 19.6 Å². The summed E-state index contributed by atoms with van der Waals surface area (Å²) in [6.45, 7) is 6.08. The van der Waals surface area contributed by atoms with Gasteiger partial charge >= 0.3 is 0 Å². The first-order valence-electron chi connectivity index (χ1n) is 7.01. The van der Waals surface area contributed by atoms with E-state index in [0.29, 0.717) is 44.1 Å². The minimum Gasteiger partial charge on any atom is -0.382 e. The zero-order valence-corrected chi connectivity index (χ0v) is 11.9. The smallest absolute Gasteiger partial charge is 0.222 e. The lowest BCUT2D eigenvalue weighted by atomic mass is 9.78. The Balaban J connectivity index is 2.18. The molecule has 0 saturated heterocycles. The van der Waals surface area contributed by atoms with Gasteiger partial charge in [0.05, 0.1) is 19.8 Å². The molecule has 4 nitrogen and oxygen atoms in total. The molecule has 0 bridgehead atoms. The van der Waals surface area contributed by atoms with Crippen molar-refractivity contribution >= 4 is 5.91 Å². The van der Waals surface area contributed by atoms with Crippen LogP contribution < -0.4 is 5.32 Å². The Labute approximate surface area is 110 Å². The SMILES string of the molecule is COCCOCCC(=O)NC1[C@H](C)CCC[C@H]1C. The fourth-order valence-corrected chi connectivity index (χ4v) is 2.63. The van der Waals surface area contributed by atoms with Crippen LogP contribution in [0.3, 0.4) is 0 Å². The van der Waals surface area contributed by atoms with Crippen LogP contribution in [0.2, 0.25) is 0 Å². The minimum absolute atomic E-state index is 0.109. The standard InChI is InChI=1S/C14H27NO3/c1-11-5-4-6-12(2)14(11)15-13(16)7-8-18-10-9-17-3/h11-12,14H,4-10H2,1-3H3,(H,15,16)/t11-,12-/m1/s1. The van der Waals surface area contributed by atoms with E-state index in [4.69, 9.17) is 9.47 Å². The maximum absolute atomic E-state index is 11.8. The van der Waals surface area contributed by atoms with Crippen LogP contribution in [0.25, 0.3) is 0 Å². The average Bonchev–Trinajstić information content (AvgIpc) is 2.34. The molecule has 18 heavy (non-hydrogen) atoms. The van der Waals surface area contributed by atoms with Crippen LogP contribution in [0.1, 0.15) is 39.5 Å². The minimum atomic E-state index is 0.109. The monoisotopic (exact) mass is 257 g/mol. The highest BCUT2D eigenvalue weighted by Gasteiger charge is 2.28. The van der Waals surface area contributed by atoms with Crippen LogP contribution in [0, 0.1) is 11.8 Å². The molecule has 0 aromatic heterocycles. The molecule has 1 amide bonds. The molecule has 0 unspecified atom stereocenters. The molecule has 1 rings (SSSR count). The van der Waals surface area contributed by atoms with Crippen molar-refractivity contribution in [1.82, 2.24) is 5.32 Å². The van der Waals surface area contributed by atoms with E-state index in [0.717, 1.165) is 0 Å². The van der Waals surface area contributed by atoms with Gasteiger partial charge in [0.1, 0.15) is 0 Å². The molecular weight excluding hydrogens is 230 g/mol. The van der Waals surface area contributed by atoms with Gasteiger partial charge in [-0.25, -0.2) is 0 Å². The van der Waals surface area contributed by atoms with Crippen LogP contribution in [-0.4, -0.2) is 38.9 Å². The highest BCUT2D eigenvalue weighted by atomic mass is 16.5. The van der Waals surface area contributed by atoms with Crippen molar-refractivity contribution in [2.24, 2.45) is 11.8 Å². The molecule has 0 heterocycles. The highest BCUT2D eigenvalue weighted by molar-refractivity contribution is 5.76. The van der Waals surface area contributed by atoms with E-state index in [1.165, 1.54) is 19.3 Å². The molecule has 2 atom stereocenters. The van der Waals surface area contributed by atoms with Crippen molar-refractivity contribution in [2.75, 3.05) is 26.9 Å². The molecular formula is C14H27NO3. The van der Waals surface area contributed by atoms with E-state index >= 15 is 0 Å². The molecule has 1 aliphatic carbocycles. The van der Waals surface area contributed by atoms with Gasteiger partial charge in [-0.05, 0) is 24.7 Å². The van der Waals surface area contributed by atoms with E-state index in [-0.39, 0.29) is 5.91 Å². The number of nitrogens with one attached hydrogen (secondary N) is 1. The van der Waals surface area contributed by atoms with Crippen LogP contribution in [0.4, 0.5) is 0 Å². The molecule has 0 aromatic rings. The van der Waals surface area contributed by atoms with Gasteiger partial charge in [-0.1, -0.05) is 20.3 Å². The number of hydrogen-bond acceptors (Lipinski definition) is 3. The summed E-state index contributed by atoms with van der Waals surface area (Å²) in [6, 6.07) is 0.338. The van der Waals surface area contributed by atoms with E-state index in [2.05, 4.69) is 19.2 Å². The average molecular weight is 257 g/mol. The van der Waals surface area contributed by atoms with Crippen molar-refractivity contribution in [1.29, 1.82) is 0 Å². The van der Waals surface area contributed by atoms with Gasteiger partial charge in [0.15, 0.2) is 0 Å². The van der Waals surface area contributed by atoms with Crippen molar-refractivity contribution in [3.05, 3.63) is 0 Å². The predicted molar refractivity (Wildman–Crippen MR) is 71.4 cm³/mol. The van der Waals surface area contributed by atoms with Crippen LogP contribution in [0.5, 0.6) is 0 Å². The van der Waals surface area contributed by atoms with Gasteiger partial charge in [-0.15, -0.1) is 0 Å². The molecule has 1 aliphatic rings.